The molecule has 0 unspecified atom stereocenters. The molecule has 1 amide bonds. The quantitative estimate of drug-likeness (QED) is 0.161. The fourth-order valence-corrected chi connectivity index (χ4v) is 5.71. The third kappa shape index (κ3) is 11.0. The molecule has 1 fully saturated rings. The number of rotatable bonds is 10. The number of esters is 1. The van der Waals surface area contributed by atoms with E-state index in [0.717, 1.165) is 11.3 Å². The third-order valence-corrected chi connectivity index (χ3v) is 8.35. The molecule has 2 aromatic rings. The molecule has 1 N–H and O–H groups in total. The van der Waals surface area contributed by atoms with Crippen molar-refractivity contribution in [1.82, 2.24) is 0 Å². The number of hydrogen-bond donors (Lipinski definition) is 1. The van der Waals surface area contributed by atoms with Crippen molar-refractivity contribution in [1.29, 1.82) is 0 Å². The molecular weight excluding hydrogens is 658 g/mol. The molecule has 5 atom stereocenters. The largest absolute Gasteiger partial charge is 0.497 e. The van der Waals surface area contributed by atoms with Crippen LogP contribution in [0.1, 0.15) is 76.4 Å². The number of fused-ring (bicyclic) bond motifs is 2. The fourth-order valence-electron chi connectivity index (χ4n) is 5.71. The zero-order valence-corrected chi connectivity index (χ0v) is 31.2. The zero-order chi connectivity index (χ0) is 37.3. The number of aliphatic hydroxyl groups is 1. The van der Waals surface area contributed by atoms with Gasteiger partial charge in [0.05, 0.1) is 38.7 Å². The highest BCUT2D eigenvalue weighted by atomic mass is 16.8. The van der Waals surface area contributed by atoms with Crippen molar-refractivity contribution >= 4 is 23.8 Å². The van der Waals surface area contributed by atoms with Crippen molar-refractivity contribution in [2.45, 2.75) is 97.3 Å². The van der Waals surface area contributed by atoms with Gasteiger partial charge in [0.1, 0.15) is 41.0 Å². The van der Waals surface area contributed by atoms with Gasteiger partial charge in [-0.25, -0.2) is 9.59 Å². The Balaban J connectivity index is 1.77. The van der Waals surface area contributed by atoms with Gasteiger partial charge in [0.25, 0.3) is 0 Å². The van der Waals surface area contributed by atoms with Crippen LogP contribution < -0.4 is 14.4 Å². The summed E-state index contributed by atoms with van der Waals surface area (Å²) in [4.78, 5) is 28.6. The first-order valence-corrected chi connectivity index (χ1v) is 17.2. The van der Waals surface area contributed by atoms with Gasteiger partial charge in [-0.15, -0.1) is 0 Å². The Bertz CT molecular complexity index is 1530. The van der Waals surface area contributed by atoms with Crippen LogP contribution in [0.2, 0.25) is 0 Å². The highest BCUT2D eigenvalue weighted by molar-refractivity contribution is 5.99. The summed E-state index contributed by atoms with van der Waals surface area (Å²) in [7, 11) is 3.09. The Morgan fingerprint density at radius 1 is 1.06 bits per heavy atom. The van der Waals surface area contributed by atoms with Gasteiger partial charge in [-0.05, 0) is 77.3 Å². The van der Waals surface area contributed by atoms with E-state index in [4.69, 9.17) is 37.9 Å². The molecular formula is C39H53NO11. The van der Waals surface area contributed by atoms with E-state index < -0.39 is 47.9 Å². The molecule has 0 aromatic heterocycles. The number of anilines is 1. The molecule has 12 heteroatoms. The Hall–Kier alpha value is -3.94. The number of hydrogen-bond acceptors (Lipinski definition) is 11. The minimum absolute atomic E-state index is 0.0611. The predicted octanol–water partition coefficient (Wildman–Crippen LogP) is 6.67. The number of benzene rings is 2. The Morgan fingerprint density at radius 2 is 1.78 bits per heavy atom. The maximum Gasteiger partial charge on any atom is 0.414 e. The molecule has 2 aliphatic heterocycles. The van der Waals surface area contributed by atoms with Crippen LogP contribution in [0.25, 0.3) is 6.08 Å². The number of aliphatic hydroxyl groups excluding tert-OH is 1. The van der Waals surface area contributed by atoms with Crippen molar-refractivity contribution < 1.29 is 52.6 Å². The molecule has 2 heterocycles. The van der Waals surface area contributed by atoms with E-state index in [-0.39, 0.29) is 37.2 Å². The number of carbonyl (C=O) groups excluding carboxylic acids is 2. The van der Waals surface area contributed by atoms with Crippen molar-refractivity contribution in [3.63, 3.8) is 0 Å². The van der Waals surface area contributed by atoms with E-state index in [2.05, 4.69) is 0 Å². The smallest absolute Gasteiger partial charge is 0.414 e. The van der Waals surface area contributed by atoms with Crippen molar-refractivity contribution in [3.05, 3.63) is 71.3 Å². The second-order valence-electron chi connectivity index (χ2n) is 14.1. The molecule has 280 valence electrons. The van der Waals surface area contributed by atoms with Crippen LogP contribution in [0, 0.1) is 5.92 Å². The highest BCUT2D eigenvalue weighted by Gasteiger charge is 2.44. The molecule has 0 bridgehead atoms. The summed E-state index contributed by atoms with van der Waals surface area (Å²) in [6.07, 6.45) is 5.37. The molecule has 0 radical (unpaired) electrons. The summed E-state index contributed by atoms with van der Waals surface area (Å²) in [5.74, 6) is -0.817. The summed E-state index contributed by atoms with van der Waals surface area (Å²) in [5.41, 5.74) is 1.10. The van der Waals surface area contributed by atoms with Crippen molar-refractivity contribution in [2.24, 2.45) is 5.92 Å². The minimum Gasteiger partial charge on any atom is -0.497 e. The van der Waals surface area contributed by atoms with E-state index >= 15 is 0 Å². The van der Waals surface area contributed by atoms with Gasteiger partial charge >= 0.3 is 12.1 Å². The van der Waals surface area contributed by atoms with Gasteiger partial charge in [-0.2, -0.15) is 0 Å². The van der Waals surface area contributed by atoms with E-state index in [1.54, 1.807) is 46.1 Å². The molecule has 0 spiro atoms. The van der Waals surface area contributed by atoms with Crippen LogP contribution >= 0.6 is 0 Å². The SMILES string of the molecule is COCOc1cc(N(CCO)C(=O)OC(C)(C)C)cc2c1C(=O)O[C@@H](C)[C@H](C)C=C[C@@H](OCc1ccc(OC)cc1)[C@H]1OC(C)(C)O[C@H]1CC=C2. The summed E-state index contributed by atoms with van der Waals surface area (Å²) in [6, 6.07) is 10.9. The summed E-state index contributed by atoms with van der Waals surface area (Å²) >= 11 is 0. The van der Waals surface area contributed by atoms with E-state index in [0.29, 0.717) is 24.3 Å². The molecule has 4 rings (SSSR count). The van der Waals surface area contributed by atoms with E-state index in [9.17, 15) is 14.7 Å². The number of methoxy groups -OCH3 is 2. The molecule has 1 saturated heterocycles. The number of nitrogens with zero attached hydrogens (tertiary/aromatic N) is 1. The molecule has 0 aliphatic carbocycles. The molecule has 2 aromatic carbocycles. The lowest BCUT2D eigenvalue weighted by Crippen LogP contribution is -2.38. The lowest BCUT2D eigenvalue weighted by molar-refractivity contribution is -0.156. The lowest BCUT2D eigenvalue weighted by Gasteiger charge is -2.28. The average molecular weight is 712 g/mol. The summed E-state index contributed by atoms with van der Waals surface area (Å²) in [5, 5.41) is 9.89. The normalized spacial score (nSPS) is 23.4. The van der Waals surface area contributed by atoms with Gasteiger partial charge in [0.2, 0.25) is 0 Å². The van der Waals surface area contributed by atoms with Gasteiger partial charge < -0.3 is 43.0 Å². The Morgan fingerprint density at radius 3 is 2.43 bits per heavy atom. The second-order valence-corrected chi connectivity index (χ2v) is 14.1. The molecule has 2 aliphatic rings. The second kappa shape index (κ2) is 17.5. The van der Waals surface area contributed by atoms with E-state index in [1.165, 1.54) is 12.0 Å². The average Bonchev–Trinajstić information content (AvgIpc) is 3.38. The molecule has 0 saturated carbocycles. The topological polar surface area (TPSA) is 131 Å². The van der Waals surface area contributed by atoms with Crippen LogP contribution in [-0.4, -0.2) is 87.1 Å². The third-order valence-electron chi connectivity index (χ3n) is 8.35. The maximum absolute atomic E-state index is 14.0. The van der Waals surface area contributed by atoms with Crippen LogP contribution in [0.5, 0.6) is 11.5 Å². The number of carbonyl (C=O) groups is 2. The van der Waals surface area contributed by atoms with Crippen LogP contribution in [0.3, 0.4) is 0 Å². The van der Waals surface area contributed by atoms with Gasteiger partial charge in [-0.1, -0.05) is 43.4 Å². The monoisotopic (exact) mass is 711 g/mol. The van der Waals surface area contributed by atoms with Crippen LogP contribution in [0.15, 0.2) is 54.6 Å². The summed E-state index contributed by atoms with van der Waals surface area (Å²) in [6.45, 7) is 12.5. The minimum atomic E-state index is -0.880. The predicted molar refractivity (Wildman–Crippen MR) is 192 cm³/mol. The lowest BCUT2D eigenvalue weighted by atomic mass is 9.98. The standard InChI is InChI=1S/C39H53NO11/c1-25-13-18-31(46-23-27-14-16-30(45-9)17-15-27)35-32(49-39(6,7)50-35)12-10-11-28-21-29(40(19-20-41)37(43)51-38(3,4)5)22-33(47-24-44-8)34(28)36(42)48-26(25)2/h10-11,13-18,21-22,25-26,31-32,35,41H,12,19-20,23-24H2,1-9H3/t25-,26+,31-,32+,35-/m1/s1. The van der Waals surface area contributed by atoms with Crippen molar-refractivity contribution in [3.8, 4) is 11.5 Å². The van der Waals surface area contributed by atoms with Crippen molar-refractivity contribution in [2.75, 3.05) is 39.1 Å². The van der Waals surface area contributed by atoms with Crippen LogP contribution in [0.4, 0.5) is 10.5 Å². The summed E-state index contributed by atoms with van der Waals surface area (Å²) < 4.78 is 47.4. The van der Waals surface area contributed by atoms with Gasteiger partial charge in [0.15, 0.2) is 12.6 Å². The number of ether oxygens (including phenoxy) is 8. The highest BCUT2D eigenvalue weighted by Crippen LogP contribution is 2.36. The van der Waals surface area contributed by atoms with Gasteiger partial charge in [0, 0.05) is 19.1 Å². The maximum atomic E-state index is 14.0. The zero-order valence-electron chi connectivity index (χ0n) is 31.2. The number of amides is 1. The number of cyclic esters (lactones) is 1. The van der Waals surface area contributed by atoms with E-state index in [1.807, 2.05) is 70.2 Å². The molecule has 12 nitrogen and oxygen atoms in total. The van der Waals surface area contributed by atoms with Crippen LogP contribution in [-0.2, 0) is 35.0 Å². The fraction of sp³-hybridized carbons (Fsp3) is 0.538. The Labute approximate surface area is 301 Å². The first-order chi connectivity index (χ1) is 24.1. The Kier molecular flexibility index (Phi) is 13.7. The first kappa shape index (κ1) is 39.8. The molecule has 51 heavy (non-hydrogen) atoms. The van der Waals surface area contributed by atoms with Gasteiger partial charge in [-0.3, -0.25) is 4.90 Å². The first-order valence-electron chi connectivity index (χ1n) is 17.2.